The first kappa shape index (κ1) is 19.0. The van der Waals surface area contributed by atoms with Gasteiger partial charge in [-0.3, -0.25) is 19.1 Å². The molecule has 142 valence electrons. The molecule has 1 saturated heterocycles. The standard InChI is InChI=1S/C18H26N4O3S/c1-3-6-22-12-20-17-14(18(22)24)13(2)15(26-17)16(23)19-5-4-7-21-8-10-25-11-9-21/h12H,3-11H2,1-2H3,(H,19,23). The third-order valence-corrected chi connectivity index (χ3v) is 5.83. The Morgan fingerprint density at radius 2 is 2.12 bits per heavy atom. The molecule has 2 aromatic rings. The largest absolute Gasteiger partial charge is 0.379 e. The first-order valence-electron chi connectivity index (χ1n) is 9.18. The van der Waals surface area contributed by atoms with Gasteiger partial charge in [0.1, 0.15) is 4.83 Å². The molecule has 1 aliphatic heterocycles. The zero-order valence-corrected chi connectivity index (χ0v) is 16.2. The monoisotopic (exact) mass is 378 g/mol. The van der Waals surface area contributed by atoms with Gasteiger partial charge >= 0.3 is 0 Å². The summed E-state index contributed by atoms with van der Waals surface area (Å²) in [5.41, 5.74) is 0.676. The average Bonchev–Trinajstić information content (AvgIpc) is 2.99. The summed E-state index contributed by atoms with van der Waals surface area (Å²) in [4.78, 5) is 33.1. The first-order chi connectivity index (χ1) is 12.6. The summed E-state index contributed by atoms with van der Waals surface area (Å²) in [6.45, 7) is 9.56. The number of carbonyl (C=O) groups is 1. The van der Waals surface area contributed by atoms with Gasteiger partial charge < -0.3 is 10.1 Å². The fraction of sp³-hybridized carbons (Fsp3) is 0.611. The summed E-state index contributed by atoms with van der Waals surface area (Å²) in [5, 5.41) is 3.55. The van der Waals surface area contributed by atoms with E-state index in [0.717, 1.165) is 51.3 Å². The van der Waals surface area contributed by atoms with E-state index in [9.17, 15) is 9.59 Å². The number of hydrogen-bond acceptors (Lipinski definition) is 6. The average molecular weight is 378 g/mol. The van der Waals surface area contributed by atoms with Gasteiger partial charge in [-0.15, -0.1) is 11.3 Å². The Morgan fingerprint density at radius 1 is 1.35 bits per heavy atom. The van der Waals surface area contributed by atoms with Crippen LogP contribution in [0.5, 0.6) is 0 Å². The Morgan fingerprint density at radius 3 is 2.85 bits per heavy atom. The van der Waals surface area contributed by atoms with E-state index in [0.29, 0.717) is 28.2 Å². The van der Waals surface area contributed by atoms with Gasteiger partial charge in [0, 0.05) is 26.2 Å². The van der Waals surface area contributed by atoms with Crippen molar-refractivity contribution in [2.75, 3.05) is 39.4 Å². The van der Waals surface area contributed by atoms with E-state index in [-0.39, 0.29) is 11.5 Å². The fourth-order valence-electron chi connectivity index (χ4n) is 3.19. The summed E-state index contributed by atoms with van der Waals surface area (Å²) in [6.07, 6.45) is 3.35. The van der Waals surface area contributed by atoms with Crippen LogP contribution in [0.15, 0.2) is 11.1 Å². The van der Waals surface area contributed by atoms with E-state index in [1.807, 2.05) is 13.8 Å². The summed E-state index contributed by atoms with van der Waals surface area (Å²) >= 11 is 1.30. The Kier molecular flexibility index (Phi) is 6.39. The molecule has 1 aliphatic rings. The highest BCUT2D eigenvalue weighted by molar-refractivity contribution is 7.20. The van der Waals surface area contributed by atoms with Crippen LogP contribution in [-0.2, 0) is 11.3 Å². The molecule has 1 fully saturated rings. The maximum atomic E-state index is 12.6. The lowest BCUT2D eigenvalue weighted by atomic mass is 10.2. The Bertz CT molecular complexity index is 824. The third kappa shape index (κ3) is 4.13. The number of morpholine rings is 1. The molecule has 1 amide bonds. The van der Waals surface area contributed by atoms with E-state index in [2.05, 4.69) is 15.2 Å². The van der Waals surface area contributed by atoms with Crippen molar-refractivity contribution in [3.63, 3.8) is 0 Å². The van der Waals surface area contributed by atoms with E-state index in [1.165, 1.54) is 11.3 Å². The van der Waals surface area contributed by atoms with E-state index in [4.69, 9.17) is 4.74 Å². The minimum absolute atomic E-state index is 0.0584. The third-order valence-electron chi connectivity index (χ3n) is 4.63. The predicted octanol–water partition coefficient (Wildman–Crippen LogP) is 1.63. The SMILES string of the molecule is CCCn1cnc2sc(C(=O)NCCCN3CCOCC3)c(C)c2c1=O. The second-order valence-electron chi connectivity index (χ2n) is 6.54. The molecule has 0 unspecified atom stereocenters. The second-order valence-corrected chi connectivity index (χ2v) is 7.54. The lowest BCUT2D eigenvalue weighted by molar-refractivity contribution is 0.0374. The van der Waals surface area contributed by atoms with Crippen molar-refractivity contribution in [2.45, 2.75) is 33.2 Å². The number of hydrogen-bond donors (Lipinski definition) is 1. The smallest absolute Gasteiger partial charge is 0.262 e. The number of thiophene rings is 1. The number of fused-ring (bicyclic) bond motifs is 1. The maximum absolute atomic E-state index is 12.6. The van der Waals surface area contributed by atoms with Crippen LogP contribution in [0.1, 0.15) is 35.0 Å². The molecule has 0 atom stereocenters. The van der Waals surface area contributed by atoms with Gasteiger partial charge in [0.05, 0.1) is 29.8 Å². The number of nitrogens with one attached hydrogen (secondary N) is 1. The van der Waals surface area contributed by atoms with E-state index in [1.54, 1.807) is 10.9 Å². The normalized spacial score (nSPS) is 15.5. The lowest BCUT2D eigenvalue weighted by Gasteiger charge is -2.26. The zero-order chi connectivity index (χ0) is 18.5. The van der Waals surface area contributed by atoms with Crippen LogP contribution < -0.4 is 10.9 Å². The van der Waals surface area contributed by atoms with Crippen molar-refractivity contribution < 1.29 is 9.53 Å². The number of nitrogens with zero attached hydrogens (tertiary/aromatic N) is 3. The molecule has 0 bridgehead atoms. The molecular formula is C18H26N4O3S. The Balaban J connectivity index is 1.63. The Hall–Kier alpha value is -1.77. The van der Waals surface area contributed by atoms with Crippen molar-refractivity contribution in [3.05, 3.63) is 27.1 Å². The number of amides is 1. The van der Waals surface area contributed by atoms with Crippen LogP contribution >= 0.6 is 11.3 Å². The molecule has 7 nitrogen and oxygen atoms in total. The summed E-state index contributed by atoms with van der Waals surface area (Å²) < 4.78 is 6.95. The van der Waals surface area contributed by atoms with Gasteiger partial charge in [-0.2, -0.15) is 0 Å². The molecule has 2 aromatic heterocycles. The molecule has 0 aromatic carbocycles. The summed E-state index contributed by atoms with van der Waals surface area (Å²) in [5.74, 6) is -0.117. The highest BCUT2D eigenvalue weighted by Gasteiger charge is 2.19. The quantitative estimate of drug-likeness (QED) is 0.741. The second kappa shape index (κ2) is 8.75. The van der Waals surface area contributed by atoms with Crippen LogP contribution in [-0.4, -0.2) is 59.8 Å². The van der Waals surface area contributed by atoms with Crippen molar-refractivity contribution in [1.82, 2.24) is 19.8 Å². The molecule has 8 heteroatoms. The van der Waals surface area contributed by atoms with E-state index >= 15 is 0 Å². The zero-order valence-electron chi connectivity index (χ0n) is 15.4. The highest BCUT2D eigenvalue weighted by Crippen LogP contribution is 2.26. The van der Waals surface area contributed by atoms with Crippen LogP contribution in [0.25, 0.3) is 10.2 Å². The molecule has 0 radical (unpaired) electrons. The van der Waals surface area contributed by atoms with Crippen LogP contribution in [0, 0.1) is 6.92 Å². The van der Waals surface area contributed by atoms with Crippen molar-refractivity contribution in [2.24, 2.45) is 0 Å². The molecule has 0 saturated carbocycles. The van der Waals surface area contributed by atoms with Gasteiger partial charge in [-0.1, -0.05) is 6.92 Å². The van der Waals surface area contributed by atoms with Crippen LogP contribution in [0.4, 0.5) is 0 Å². The van der Waals surface area contributed by atoms with Crippen LogP contribution in [0.2, 0.25) is 0 Å². The van der Waals surface area contributed by atoms with Crippen molar-refractivity contribution in [3.8, 4) is 0 Å². The van der Waals surface area contributed by atoms with Gasteiger partial charge in [-0.05, 0) is 31.9 Å². The number of aryl methyl sites for hydroxylation is 2. The number of ether oxygens (including phenoxy) is 1. The minimum Gasteiger partial charge on any atom is -0.379 e. The van der Waals surface area contributed by atoms with Crippen molar-refractivity contribution >= 4 is 27.5 Å². The highest BCUT2D eigenvalue weighted by atomic mass is 32.1. The minimum atomic E-state index is -0.117. The van der Waals surface area contributed by atoms with Crippen LogP contribution in [0.3, 0.4) is 0 Å². The van der Waals surface area contributed by atoms with Crippen molar-refractivity contribution in [1.29, 1.82) is 0 Å². The molecule has 0 aliphatic carbocycles. The van der Waals surface area contributed by atoms with Gasteiger partial charge in [0.2, 0.25) is 0 Å². The molecular weight excluding hydrogens is 352 g/mol. The molecule has 26 heavy (non-hydrogen) atoms. The van der Waals surface area contributed by atoms with E-state index < -0.39 is 0 Å². The number of aromatic nitrogens is 2. The summed E-state index contributed by atoms with van der Waals surface area (Å²) in [7, 11) is 0. The number of rotatable bonds is 7. The predicted molar refractivity (Wildman–Crippen MR) is 103 cm³/mol. The van der Waals surface area contributed by atoms with Gasteiger partial charge in [0.15, 0.2) is 0 Å². The first-order valence-corrected chi connectivity index (χ1v) is 10.00. The van der Waals surface area contributed by atoms with Gasteiger partial charge in [-0.25, -0.2) is 4.98 Å². The lowest BCUT2D eigenvalue weighted by Crippen LogP contribution is -2.38. The van der Waals surface area contributed by atoms with Gasteiger partial charge in [0.25, 0.3) is 11.5 Å². The number of carbonyl (C=O) groups excluding carboxylic acids is 1. The molecule has 0 spiro atoms. The summed E-state index contributed by atoms with van der Waals surface area (Å²) in [6, 6.07) is 0. The topological polar surface area (TPSA) is 76.5 Å². The molecule has 3 heterocycles. The molecule has 3 rings (SSSR count). The maximum Gasteiger partial charge on any atom is 0.262 e. The fourth-order valence-corrected chi connectivity index (χ4v) is 4.24. The molecule has 1 N–H and O–H groups in total. The Labute approximate surface area is 157 Å².